The molecule has 2 nitrogen and oxygen atoms in total. The van der Waals surface area contributed by atoms with Crippen LogP contribution >= 0.6 is 0 Å². The van der Waals surface area contributed by atoms with Gasteiger partial charge < -0.3 is 5.32 Å². The van der Waals surface area contributed by atoms with Crippen LogP contribution in [0.4, 0.5) is 0 Å². The summed E-state index contributed by atoms with van der Waals surface area (Å²) in [5.74, 6) is 0. The Morgan fingerprint density at radius 3 is 2.46 bits per heavy atom. The van der Waals surface area contributed by atoms with Crippen molar-refractivity contribution >= 4 is 0 Å². The summed E-state index contributed by atoms with van der Waals surface area (Å²) in [5.41, 5.74) is 0. The zero-order valence-corrected chi connectivity index (χ0v) is 8.34. The Bertz CT molecular complexity index is 189. The van der Waals surface area contributed by atoms with Crippen LogP contribution in [0.15, 0.2) is 0 Å². The average molecular weight is 180 g/mol. The Balaban J connectivity index is 1.63. The summed E-state index contributed by atoms with van der Waals surface area (Å²) >= 11 is 0. The topological polar surface area (TPSA) is 15.3 Å². The van der Waals surface area contributed by atoms with Crippen LogP contribution in [0.1, 0.15) is 38.5 Å². The van der Waals surface area contributed by atoms with Gasteiger partial charge in [0.2, 0.25) is 0 Å². The van der Waals surface area contributed by atoms with Gasteiger partial charge in [0.1, 0.15) is 0 Å². The van der Waals surface area contributed by atoms with E-state index in [1.54, 1.807) is 0 Å². The highest BCUT2D eigenvalue weighted by molar-refractivity contribution is 4.96. The van der Waals surface area contributed by atoms with Crippen molar-refractivity contribution in [2.24, 2.45) is 0 Å². The molecule has 2 unspecified atom stereocenters. The molecular formula is C11H20N2. The van der Waals surface area contributed by atoms with Gasteiger partial charge in [0.15, 0.2) is 0 Å². The Labute approximate surface area is 80.7 Å². The van der Waals surface area contributed by atoms with E-state index in [1.807, 2.05) is 0 Å². The summed E-state index contributed by atoms with van der Waals surface area (Å²) in [7, 11) is 0. The third kappa shape index (κ3) is 1.62. The average Bonchev–Trinajstić information content (AvgIpc) is 2.83. The lowest BCUT2D eigenvalue weighted by atomic mass is 9.96. The Kier molecular flexibility index (Phi) is 2.06. The smallest absolute Gasteiger partial charge is 0.0249 e. The molecular weight excluding hydrogens is 160 g/mol. The second-order valence-electron chi connectivity index (χ2n) is 4.94. The molecule has 0 amide bonds. The first-order valence-corrected chi connectivity index (χ1v) is 5.93. The van der Waals surface area contributed by atoms with E-state index in [4.69, 9.17) is 0 Å². The number of nitrogens with zero attached hydrogens (tertiary/aromatic N) is 1. The largest absolute Gasteiger partial charge is 0.310 e. The molecule has 3 fully saturated rings. The van der Waals surface area contributed by atoms with Crippen LogP contribution in [0.3, 0.4) is 0 Å². The van der Waals surface area contributed by atoms with Crippen LogP contribution in [0.25, 0.3) is 0 Å². The lowest BCUT2D eigenvalue weighted by Crippen LogP contribution is -2.51. The molecule has 3 rings (SSSR count). The van der Waals surface area contributed by atoms with E-state index in [0.29, 0.717) is 0 Å². The number of hydrogen-bond acceptors (Lipinski definition) is 2. The van der Waals surface area contributed by atoms with Gasteiger partial charge >= 0.3 is 0 Å². The van der Waals surface area contributed by atoms with Crippen molar-refractivity contribution in [2.45, 2.75) is 56.7 Å². The van der Waals surface area contributed by atoms with Crippen molar-refractivity contribution in [3.05, 3.63) is 0 Å². The second-order valence-corrected chi connectivity index (χ2v) is 4.94. The fourth-order valence-electron chi connectivity index (χ4n) is 3.04. The Morgan fingerprint density at radius 1 is 0.923 bits per heavy atom. The highest BCUT2D eigenvalue weighted by atomic mass is 15.2. The molecule has 3 aliphatic rings. The van der Waals surface area contributed by atoms with Gasteiger partial charge in [-0.1, -0.05) is 0 Å². The lowest BCUT2D eigenvalue weighted by Gasteiger charge is -2.37. The molecule has 74 valence electrons. The minimum absolute atomic E-state index is 0.837. The van der Waals surface area contributed by atoms with Gasteiger partial charge in [-0.25, -0.2) is 0 Å². The summed E-state index contributed by atoms with van der Waals surface area (Å²) in [6, 6.07) is 2.63. The van der Waals surface area contributed by atoms with Crippen LogP contribution in [0.5, 0.6) is 0 Å². The molecule has 1 saturated carbocycles. The number of hydrogen-bond donors (Lipinski definition) is 1. The minimum Gasteiger partial charge on any atom is -0.310 e. The molecule has 13 heavy (non-hydrogen) atoms. The lowest BCUT2D eigenvalue weighted by molar-refractivity contribution is 0.153. The molecule has 1 aliphatic carbocycles. The fraction of sp³-hybridized carbons (Fsp3) is 1.00. The molecule has 2 aliphatic heterocycles. The first kappa shape index (κ1) is 8.25. The van der Waals surface area contributed by atoms with Gasteiger partial charge in [-0.05, 0) is 51.6 Å². The molecule has 2 heterocycles. The molecule has 0 radical (unpaired) electrons. The highest BCUT2D eigenvalue weighted by Crippen LogP contribution is 2.29. The van der Waals surface area contributed by atoms with E-state index in [-0.39, 0.29) is 0 Å². The quantitative estimate of drug-likeness (QED) is 0.690. The van der Waals surface area contributed by atoms with Crippen LogP contribution in [-0.2, 0) is 0 Å². The van der Waals surface area contributed by atoms with Gasteiger partial charge in [0.25, 0.3) is 0 Å². The molecule has 0 spiro atoms. The zero-order valence-electron chi connectivity index (χ0n) is 8.34. The van der Waals surface area contributed by atoms with Crippen molar-refractivity contribution < 1.29 is 0 Å². The van der Waals surface area contributed by atoms with E-state index >= 15 is 0 Å². The minimum atomic E-state index is 0.837. The number of nitrogens with one attached hydrogen (secondary N) is 1. The molecule has 2 heteroatoms. The maximum absolute atomic E-state index is 3.82. The van der Waals surface area contributed by atoms with Crippen molar-refractivity contribution in [3.8, 4) is 0 Å². The number of piperidine rings is 1. The normalized spacial score (nSPS) is 40.6. The van der Waals surface area contributed by atoms with Crippen LogP contribution < -0.4 is 5.32 Å². The zero-order chi connectivity index (χ0) is 8.67. The summed E-state index contributed by atoms with van der Waals surface area (Å²) in [6.07, 6.45) is 8.60. The van der Waals surface area contributed by atoms with Crippen molar-refractivity contribution in [2.75, 3.05) is 13.1 Å². The van der Waals surface area contributed by atoms with E-state index < -0.39 is 0 Å². The summed E-state index contributed by atoms with van der Waals surface area (Å²) < 4.78 is 0. The van der Waals surface area contributed by atoms with Crippen molar-refractivity contribution in [1.29, 1.82) is 0 Å². The molecule has 0 aromatic rings. The highest BCUT2D eigenvalue weighted by Gasteiger charge is 2.36. The van der Waals surface area contributed by atoms with E-state index in [1.165, 1.54) is 51.6 Å². The first-order valence-electron chi connectivity index (χ1n) is 5.93. The van der Waals surface area contributed by atoms with Gasteiger partial charge in [0, 0.05) is 18.1 Å². The van der Waals surface area contributed by atoms with Gasteiger partial charge in [-0.15, -0.1) is 0 Å². The van der Waals surface area contributed by atoms with Gasteiger partial charge in [-0.3, -0.25) is 4.90 Å². The molecule has 0 aromatic carbocycles. The standard InChI is InChI=1S/C11H20N2/c1-3-10(12-9-5-6-9)11-4-2-8-13(11)7-1/h9-12H,1-8H2. The predicted octanol–water partition coefficient (Wildman–Crippen LogP) is 1.37. The maximum atomic E-state index is 3.82. The van der Waals surface area contributed by atoms with Gasteiger partial charge in [-0.2, -0.15) is 0 Å². The van der Waals surface area contributed by atoms with E-state index in [2.05, 4.69) is 10.2 Å². The first-order chi connectivity index (χ1) is 6.43. The summed E-state index contributed by atoms with van der Waals surface area (Å²) in [4.78, 5) is 2.71. The Morgan fingerprint density at radius 2 is 1.69 bits per heavy atom. The molecule has 1 N–H and O–H groups in total. The fourth-order valence-corrected chi connectivity index (χ4v) is 3.04. The van der Waals surface area contributed by atoms with Crippen molar-refractivity contribution in [3.63, 3.8) is 0 Å². The number of fused-ring (bicyclic) bond motifs is 1. The third-order valence-corrected chi connectivity index (χ3v) is 3.87. The second kappa shape index (κ2) is 3.25. The van der Waals surface area contributed by atoms with Crippen LogP contribution in [0.2, 0.25) is 0 Å². The SMILES string of the molecule is C1CC(NC2CC2)C2CCCN2C1. The van der Waals surface area contributed by atoms with Crippen LogP contribution in [0, 0.1) is 0 Å². The maximum Gasteiger partial charge on any atom is 0.0249 e. The summed E-state index contributed by atoms with van der Waals surface area (Å²) in [5, 5.41) is 3.82. The monoisotopic (exact) mass is 180 g/mol. The molecule has 0 aromatic heterocycles. The predicted molar refractivity (Wildman–Crippen MR) is 53.8 cm³/mol. The van der Waals surface area contributed by atoms with Gasteiger partial charge in [0.05, 0.1) is 0 Å². The molecule has 2 saturated heterocycles. The third-order valence-electron chi connectivity index (χ3n) is 3.87. The summed E-state index contributed by atoms with van der Waals surface area (Å²) in [6.45, 7) is 2.74. The van der Waals surface area contributed by atoms with E-state index in [9.17, 15) is 0 Å². The molecule has 0 bridgehead atoms. The van der Waals surface area contributed by atoms with Crippen molar-refractivity contribution in [1.82, 2.24) is 10.2 Å². The number of rotatable bonds is 2. The van der Waals surface area contributed by atoms with E-state index in [0.717, 1.165) is 18.1 Å². The van der Waals surface area contributed by atoms with Crippen LogP contribution in [-0.4, -0.2) is 36.1 Å². The molecule has 2 atom stereocenters. The Hall–Kier alpha value is -0.0800.